The molecule has 25 heavy (non-hydrogen) atoms. The van der Waals surface area contributed by atoms with Crippen molar-refractivity contribution in [2.75, 3.05) is 42.6 Å². The Bertz CT molecular complexity index is 669. The van der Waals surface area contributed by atoms with Crippen molar-refractivity contribution in [3.63, 3.8) is 0 Å². The molecule has 2 fully saturated rings. The number of carbonyl (C=O) groups is 2. The Labute approximate surface area is 146 Å². The molecule has 2 aliphatic heterocycles. The summed E-state index contributed by atoms with van der Waals surface area (Å²) < 4.78 is 19.7. The zero-order valence-corrected chi connectivity index (χ0v) is 14.3. The van der Waals surface area contributed by atoms with Gasteiger partial charge in [0.15, 0.2) is 0 Å². The van der Waals surface area contributed by atoms with Crippen LogP contribution >= 0.6 is 0 Å². The molecule has 1 aromatic carbocycles. The maximum Gasteiger partial charge on any atom is 0.414 e. The molecule has 1 atom stereocenters. The van der Waals surface area contributed by atoms with E-state index in [1.54, 1.807) is 21.9 Å². The van der Waals surface area contributed by atoms with Crippen LogP contribution in [0, 0.1) is 5.82 Å². The minimum Gasteiger partial charge on any atom is -0.443 e. The standard InChI is InChI=1S/C17H23FN4O3/c1-2-3-6-20-11-21(10-16(20)23)15-5-4-12(7-14(15)18)22-9-13(8-19)25-17(22)24/h4-5,7,13H,2-3,6,8-11,19H2,1H3/t13-/m0/s1. The summed E-state index contributed by atoms with van der Waals surface area (Å²) in [5.74, 6) is -0.461. The third-order valence-electron chi connectivity index (χ3n) is 4.52. The molecule has 136 valence electrons. The Kier molecular flexibility index (Phi) is 5.08. The van der Waals surface area contributed by atoms with Crippen molar-refractivity contribution in [3.05, 3.63) is 24.0 Å². The molecule has 1 aromatic rings. The number of halogens is 1. The van der Waals surface area contributed by atoms with E-state index in [2.05, 4.69) is 6.92 Å². The van der Waals surface area contributed by atoms with Crippen LogP contribution in [-0.2, 0) is 9.53 Å². The number of nitrogens with two attached hydrogens (primary N) is 1. The monoisotopic (exact) mass is 350 g/mol. The molecule has 2 amide bonds. The van der Waals surface area contributed by atoms with Gasteiger partial charge in [-0.05, 0) is 24.6 Å². The summed E-state index contributed by atoms with van der Waals surface area (Å²) in [5.41, 5.74) is 6.30. The maximum absolute atomic E-state index is 14.6. The molecule has 0 radical (unpaired) electrons. The van der Waals surface area contributed by atoms with Crippen LogP contribution in [0.15, 0.2) is 18.2 Å². The number of ether oxygens (including phenoxy) is 1. The first-order valence-corrected chi connectivity index (χ1v) is 8.54. The van der Waals surface area contributed by atoms with Crippen molar-refractivity contribution in [1.82, 2.24) is 4.90 Å². The number of benzene rings is 1. The van der Waals surface area contributed by atoms with E-state index < -0.39 is 11.9 Å². The second kappa shape index (κ2) is 7.26. The average Bonchev–Trinajstić information content (AvgIpc) is 3.15. The number of cyclic esters (lactones) is 1. The van der Waals surface area contributed by atoms with E-state index in [9.17, 15) is 14.0 Å². The van der Waals surface area contributed by atoms with Crippen LogP contribution in [0.3, 0.4) is 0 Å². The first-order valence-electron chi connectivity index (χ1n) is 8.54. The van der Waals surface area contributed by atoms with Gasteiger partial charge in [0.25, 0.3) is 0 Å². The largest absolute Gasteiger partial charge is 0.443 e. The fourth-order valence-corrected chi connectivity index (χ4v) is 3.08. The molecule has 2 N–H and O–H groups in total. The van der Waals surface area contributed by atoms with E-state index in [0.717, 1.165) is 12.8 Å². The summed E-state index contributed by atoms with van der Waals surface area (Å²) in [4.78, 5) is 28.7. The molecule has 0 spiro atoms. The van der Waals surface area contributed by atoms with E-state index >= 15 is 0 Å². The quantitative estimate of drug-likeness (QED) is 0.841. The minimum atomic E-state index is -0.523. The molecule has 8 heteroatoms. The van der Waals surface area contributed by atoms with E-state index in [1.807, 2.05) is 0 Å². The van der Waals surface area contributed by atoms with Crippen molar-refractivity contribution in [2.45, 2.75) is 25.9 Å². The molecule has 3 rings (SSSR count). The molecule has 2 heterocycles. The first kappa shape index (κ1) is 17.5. The first-order chi connectivity index (χ1) is 12.0. The summed E-state index contributed by atoms with van der Waals surface area (Å²) in [6.45, 7) is 3.84. The Balaban J connectivity index is 1.73. The van der Waals surface area contributed by atoms with Gasteiger partial charge in [0.1, 0.15) is 11.9 Å². The summed E-state index contributed by atoms with van der Waals surface area (Å²) in [5, 5.41) is 0. The number of nitrogens with zero attached hydrogens (tertiary/aromatic N) is 3. The van der Waals surface area contributed by atoms with E-state index in [1.165, 1.54) is 11.0 Å². The lowest BCUT2D eigenvalue weighted by Crippen LogP contribution is -2.29. The van der Waals surface area contributed by atoms with Crippen LogP contribution in [-0.4, -0.2) is 55.9 Å². The van der Waals surface area contributed by atoms with Crippen LogP contribution in [0.5, 0.6) is 0 Å². The molecular formula is C17H23FN4O3. The number of hydrogen-bond donors (Lipinski definition) is 1. The Hall–Kier alpha value is -2.35. The molecule has 0 aromatic heterocycles. The molecule has 0 saturated carbocycles. The number of carbonyl (C=O) groups excluding carboxylic acids is 2. The normalized spacial score (nSPS) is 20.6. The van der Waals surface area contributed by atoms with Crippen LogP contribution < -0.4 is 15.5 Å². The highest BCUT2D eigenvalue weighted by Crippen LogP contribution is 2.29. The third kappa shape index (κ3) is 3.53. The molecule has 2 saturated heterocycles. The van der Waals surface area contributed by atoms with Crippen molar-refractivity contribution >= 4 is 23.4 Å². The van der Waals surface area contributed by atoms with Gasteiger partial charge < -0.3 is 20.3 Å². The third-order valence-corrected chi connectivity index (χ3v) is 4.52. The Morgan fingerprint density at radius 1 is 1.36 bits per heavy atom. The lowest BCUT2D eigenvalue weighted by molar-refractivity contribution is -0.126. The SMILES string of the molecule is CCCCN1CN(c2ccc(N3C[C@H](CN)OC3=O)cc2F)CC1=O. The van der Waals surface area contributed by atoms with Gasteiger partial charge in [0.2, 0.25) is 5.91 Å². The summed E-state index contributed by atoms with van der Waals surface area (Å²) in [6.07, 6.45) is 1.03. The van der Waals surface area contributed by atoms with Gasteiger partial charge in [0, 0.05) is 13.1 Å². The van der Waals surface area contributed by atoms with Crippen molar-refractivity contribution in [2.24, 2.45) is 5.73 Å². The molecule has 2 aliphatic rings. The van der Waals surface area contributed by atoms with Gasteiger partial charge in [-0.2, -0.15) is 0 Å². The van der Waals surface area contributed by atoms with Crippen molar-refractivity contribution < 1.29 is 18.7 Å². The van der Waals surface area contributed by atoms with Gasteiger partial charge in [-0.3, -0.25) is 9.69 Å². The topological polar surface area (TPSA) is 79.1 Å². The number of anilines is 2. The highest BCUT2D eigenvalue weighted by molar-refractivity contribution is 5.90. The van der Waals surface area contributed by atoms with Crippen LogP contribution in [0.2, 0.25) is 0 Å². The molecular weight excluding hydrogens is 327 g/mol. The average molecular weight is 350 g/mol. The van der Waals surface area contributed by atoms with Crippen molar-refractivity contribution in [1.29, 1.82) is 0 Å². The smallest absolute Gasteiger partial charge is 0.414 e. The lowest BCUT2D eigenvalue weighted by Gasteiger charge is -2.21. The van der Waals surface area contributed by atoms with Crippen molar-refractivity contribution in [3.8, 4) is 0 Å². The van der Waals surface area contributed by atoms with Crippen LogP contribution in [0.25, 0.3) is 0 Å². The van der Waals surface area contributed by atoms with E-state index in [4.69, 9.17) is 10.5 Å². The fourth-order valence-electron chi connectivity index (χ4n) is 3.08. The van der Waals surface area contributed by atoms with Gasteiger partial charge >= 0.3 is 6.09 Å². The van der Waals surface area contributed by atoms with Crippen LogP contribution in [0.1, 0.15) is 19.8 Å². The van der Waals surface area contributed by atoms with Gasteiger partial charge in [0.05, 0.1) is 31.1 Å². The van der Waals surface area contributed by atoms with Gasteiger partial charge in [-0.25, -0.2) is 9.18 Å². The van der Waals surface area contributed by atoms with Gasteiger partial charge in [-0.1, -0.05) is 13.3 Å². The number of unbranched alkanes of at least 4 members (excludes halogenated alkanes) is 1. The summed E-state index contributed by atoms with van der Waals surface area (Å²) in [7, 11) is 0. The Morgan fingerprint density at radius 3 is 2.80 bits per heavy atom. The minimum absolute atomic E-state index is 0.00540. The van der Waals surface area contributed by atoms with Gasteiger partial charge in [-0.15, -0.1) is 0 Å². The highest BCUT2D eigenvalue weighted by Gasteiger charge is 2.33. The lowest BCUT2D eigenvalue weighted by atomic mass is 10.2. The maximum atomic E-state index is 14.6. The number of hydrogen-bond acceptors (Lipinski definition) is 5. The zero-order chi connectivity index (χ0) is 18.0. The number of rotatable bonds is 6. The Morgan fingerprint density at radius 2 is 2.16 bits per heavy atom. The molecule has 0 bridgehead atoms. The van der Waals surface area contributed by atoms with E-state index in [-0.39, 0.29) is 25.1 Å². The molecule has 0 aliphatic carbocycles. The second-order valence-electron chi connectivity index (χ2n) is 6.34. The predicted molar refractivity (Wildman–Crippen MR) is 91.9 cm³/mol. The van der Waals surface area contributed by atoms with E-state index in [0.29, 0.717) is 31.1 Å². The summed E-state index contributed by atoms with van der Waals surface area (Å²) in [6, 6.07) is 4.57. The predicted octanol–water partition coefficient (Wildman–Crippen LogP) is 1.52. The highest BCUT2D eigenvalue weighted by atomic mass is 19.1. The zero-order valence-electron chi connectivity index (χ0n) is 14.3. The summed E-state index contributed by atoms with van der Waals surface area (Å²) >= 11 is 0. The van der Waals surface area contributed by atoms with Crippen LogP contribution in [0.4, 0.5) is 20.6 Å². The second-order valence-corrected chi connectivity index (χ2v) is 6.34. The fraction of sp³-hybridized carbons (Fsp3) is 0.529. The molecule has 0 unspecified atom stereocenters. The molecule has 7 nitrogen and oxygen atoms in total. The number of amides is 2.